The van der Waals surface area contributed by atoms with Crippen molar-refractivity contribution < 1.29 is 9.53 Å². The molecule has 0 amide bonds. The van der Waals surface area contributed by atoms with Crippen LogP contribution in [0, 0.1) is 5.92 Å². The molecule has 0 aromatic rings. The zero-order chi connectivity index (χ0) is 14.6. The average molecular weight is 282 g/mol. The molecule has 0 spiro atoms. The zero-order valence-corrected chi connectivity index (χ0v) is 13.3. The molecule has 2 unspecified atom stereocenters. The Morgan fingerprint density at radius 1 is 1.35 bits per heavy atom. The van der Waals surface area contributed by atoms with Gasteiger partial charge in [0.15, 0.2) is 0 Å². The van der Waals surface area contributed by atoms with Crippen LogP contribution in [0.3, 0.4) is 0 Å². The second-order valence-electron chi connectivity index (χ2n) is 6.39. The summed E-state index contributed by atoms with van der Waals surface area (Å²) < 4.78 is 5.28. The molecule has 2 atom stereocenters. The van der Waals surface area contributed by atoms with E-state index in [0.717, 1.165) is 31.7 Å². The summed E-state index contributed by atoms with van der Waals surface area (Å²) in [6, 6.07) is 0.535. The number of carbonyl (C=O) groups excluding carboxylic acids is 1. The van der Waals surface area contributed by atoms with Gasteiger partial charge in [0.05, 0.1) is 6.61 Å². The van der Waals surface area contributed by atoms with E-state index >= 15 is 0 Å². The lowest BCUT2D eigenvalue weighted by Crippen LogP contribution is -2.50. The van der Waals surface area contributed by atoms with Crippen molar-refractivity contribution in [2.24, 2.45) is 5.92 Å². The van der Waals surface area contributed by atoms with Crippen molar-refractivity contribution in [2.75, 3.05) is 26.7 Å². The highest BCUT2D eigenvalue weighted by molar-refractivity contribution is 5.81. The van der Waals surface area contributed by atoms with Crippen LogP contribution in [0.4, 0.5) is 0 Å². The highest BCUT2D eigenvalue weighted by Gasteiger charge is 2.47. The fraction of sp³-hybridized carbons (Fsp3) is 0.938. The third-order valence-electron chi connectivity index (χ3n) is 4.85. The smallest absolute Gasteiger partial charge is 0.326 e. The van der Waals surface area contributed by atoms with Crippen LogP contribution in [-0.4, -0.2) is 49.2 Å². The summed E-state index contributed by atoms with van der Waals surface area (Å²) in [5.41, 5.74) is -0.448. The normalized spacial score (nSPS) is 29.9. The molecule has 2 aliphatic carbocycles. The highest BCUT2D eigenvalue weighted by atomic mass is 16.5. The van der Waals surface area contributed by atoms with Gasteiger partial charge >= 0.3 is 5.97 Å². The van der Waals surface area contributed by atoms with Gasteiger partial charge in [-0.15, -0.1) is 0 Å². The largest absolute Gasteiger partial charge is 0.465 e. The topological polar surface area (TPSA) is 41.6 Å². The Bertz CT molecular complexity index is 330. The van der Waals surface area contributed by atoms with Gasteiger partial charge in [0.25, 0.3) is 0 Å². The predicted molar refractivity (Wildman–Crippen MR) is 80.7 cm³/mol. The Morgan fingerprint density at radius 3 is 2.65 bits per heavy atom. The number of nitrogens with zero attached hydrogens (tertiary/aromatic N) is 1. The molecule has 2 fully saturated rings. The van der Waals surface area contributed by atoms with E-state index in [9.17, 15) is 4.79 Å². The molecule has 0 radical (unpaired) electrons. The lowest BCUT2D eigenvalue weighted by Gasteiger charge is -2.31. The maximum Gasteiger partial charge on any atom is 0.326 e. The van der Waals surface area contributed by atoms with E-state index in [4.69, 9.17) is 4.74 Å². The molecule has 0 heterocycles. The third kappa shape index (κ3) is 3.53. The number of rotatable bonds is 8. The van der Waals surface area contributed by atoms with Crippen molar-refractivity contribution in [1.29, 1.82) is 0 Å². The Labute approximate surface area is 123 Å². The lowest BCUT2D eigenvalue weighted by molar-refractivity contribution is -0.151. The summed E-state index contributed by atoms with van der Waals surface area (Å²) in [5.74, 6) is 0.849. The van der Waals surface area contributed by atoms with Gasteiger partial charge in [0.1, 0.15) is 5.54 Å². The molecule has 4 nitrogen and oxygen atoms in total. The fourth-order valence-corrected chi connectivity index (χ4v) is 3.46. The van der Waals surface area contributed by atoms with Crippen LogP contribution in [0.15, 0.2) is 0 Å². The summed E-state index contributed by atoms with van der Waals surface area (Å²) in [6.45, 7) is 6.97. The molecule has 2 aliphatic rings. The van der Waals surface area contributed by atoms with Crippen LogP contribution in [0.25, 0.3) is 0 Å². The molecule has 116 valence electrons. The molecular weight excluding hydrogens is 252 g/mol. The van der Waals surface area contributed by atoms with E-state index in [0.29, 0.717) is 12.6 Å². The van der Waals surface area contributed by atoms with Gasteiger partial charge in [-0.1, -0.05) is 6.92 Å². The Balaban J connectivity index is 1.97. The number of carbonyl (C=O) groups is 1. The zero-order valence-electron chi connectivity index (χ0n) is 13.3. The second-order valence-corrected chi connectivity index (χ2v) is 6.39. The van der Waals surface area contributed by atoms with Crippen molar-refractivity contribution in [1.82, 2.24) is 10.2 Å². The van der Waals surface area contributed by atoms with Crippen molar-refractivity contribution in [2.45, 2.75) is 64.0 Å². The molecule has 0 aromatic heterocycles. The van der Waals surface area contributed by atoms with E-state index in [1.54, 1.807) is 0 Å². The van der Waals surface area contributed by atoms with E-state index in [1.165, 1.54) is 25.8 Å². The first-order valence-electron chi connectivity index (χ1n) is 8.25. The summed E-state index contributed by atoms with van der Waals surface area (Å²) >= 11 is 0. The van der Waals surface area contributed by atoms with Gasteiger partial charge in [-0.3, -0.25) is 4.79 Å². The molecule has 4 heteroatoms. The van der Waals surface area contributed by atoms with E-state index in [2.05, 4.69) is 17.1 Å². The van der Waals surface area contributed by atoms with Crippen molar-refractivity contribution in [3.05, 3.63) is 0 Å². The van der Waals surface area contributed by atoms with Gasteiger partial charge in [-0.25, -0.2) is 0 Å². The third-order valence-corrected chi connectivity index (χ3v) is 4.85. The van der Waals surface area contributed by atoms with E-state index in [1.807, 2.05) is 14.0 Å². The minimum absolute atomic E-state index is 0.0622. The number of hydrogen-bond acceptors (Lipinski definition) is 4. The van der Waals surface area contributed by atoms with E-state index in [-0.39, 0.29) is 5.97 Å². The van der Waals surface area contributed by atoms with Gasteiger partial charge in [0, 0.05) is 12.6 Å². The average Bonchev–Trinajstić information content (AvgIpc) is 3.15. The SMILES string of the molecule is CCCN(CC1CC1)C1CCC(NC)(C(=O)OCC)C1. The predicted octanol–water partition coefficient (Wildman–Crippen LogP) is 2.18. The second kappa shape index (κ2) is 6.90. The van der Waals surface area contributed by atoms with Crippen molar-refractivity contribution in [3.63, 3.8) is 0 Å². The van der Waals surface area contributed by atoms with Gasteiger partial charge in [-0.2, -0.15) is 0 Å². The van der Waals surface area contributed by atoms with Crippen molar-refractivity contribution >= 4 is 5.97 Å². The molecular formula is C16H30N2O2. The van der Waals surface area contributed by atoms with Crippen molar-refractivity contribution in [3.8, 4) is 0 Å². The van der Waals surface area contributed by atoms with Gasteiger partial charge < -0.3 is 15.0 Å². The van der Waals surface area contributed by atoms with Crippen LogP contribution >= 0.6 is 0 Å². The fourth-order valence-electron chi connectivity index (χ4n) is 3.46. The molecule has 2 saturated carbocycles. The Morgan fingerprint density at radius 2 is 2.10 bits per heavy atom. The van der Waals surface area contributed by atoms with Gasteiger partial charge in [0.2, 0.25) is 0 Å². The van der Waals surface area contributed by atoms with Crippen LogP contribution in [0.1, 0.15) is 52.4 Å². The number of esters is 1. The first-order chi connectivity index (χ1) is 9.65. The summed E-state index contributed by atoms with van der Waals surface area (Å²) in [5, 5.41) is 3.26. The number of hydrogen-bond donors (Lipinski definition) is 1. The highest BCUT2D eigenvalue weighted by Crippen LogP contribution is 2.37. The Hall–Kier alpha value is -0.610. The van der Waals surface area contributed by atoms with E-state index < -0.39 is 5.54 Å². The molecule has 0 bridgehead atoms. The summed E-state index contributed by atoms with van der Waals surface area (Å²) in [4.78, 5) is 14.9. The van der Waals surface area contributed by atoms with Crippen LogP contribution in [0.5, 0.6) is 0 Å². The standard InChI is InChI=1S/C16H30N2O2/c1-4-10-18(12-13-6-7-13)14-8-9-16(11-14,17-3)15(19)20-5-2/h13-14,17H,4-12H2,1-3H3. The number of likely N-dealkylation sites (N-methyl/N-ethyl adjacent to an activating group) is 1. The minimum Gasteiger partial charge on any atom is -0.465 e. The molecule has 2 rings (SSSR count). The molecule has 0 aliphatic heterocycles. The van der Waals surface area contributed by atoms with Crippen LogP contribution < -0.4 is 5.32 Å². The maximum atomic E-state index is 12.3. The first-order valence-corrected chi connectivity index (χ1v) is 8.25. The van der Waals surface area contributed by atoms with Crippen LogP contribution in [0.2, 0.25) is 0 Å². The van der Waals surface area contributed by atoms with Crippen LogP contribution in [-0.2, 0) is 9.53 Å². The lowest BCUT2D eigenvalue weighted by atomic mass is 9.97. The summed E-state index contributed by atoms with van der Waals surface area (Å²) in [6.07, 6.45) is 6.87. The molecule has 0 saturated heterocycles. The van der Waals surface area contributed by atoms with Gasteiger partial charge in [-0.05, 0) is 65.0 Å². The molecule has 1 N–H and O–H groups in total. The molecule has 20 heavy (non-hydrogen) atoms. The quantitative estimate of drug-likeness (QED) is 0.693. The number of ether oxygens (including phenoxy) is 1. The number of nitrogens with one attached hydrogen (secondary N) is 1. The monoisotopic (exact) mass is 282 g/mol. The summed E-state index contributed by atoms with van der Waals surface area (Å²) in [7, 11) is 1.89. The first kappa shape index (κ1) is 15.8. The Kier molecular flexibility index (Phi) is 5.44. The molecule has 0 aromatic carbocycles. The maximum absolute atomic E-state index is 12.3. The minimum atomic E-state index is -0.448.